The summed E-state index contributed by atoms with van der Waals surface area (Å²) < 4.78 is 22.7. The second kappa shape index (κ2) is 11.7. The molecule has 0 aromatic heterocycles. The largest absolute Gasteiger partial charge is 0.489 e. The van der Waals surface area contributed by atoms with Crippen molar-refractivity contribution >= 4 is 29.2 Å². The zero-order valence-corrected chi connectivity index (χ0v) is 15.0. The highest BCUT2D eigenvalue weighted by molar-refractivity contribution is 7.99. The maximum absolute atomic E-state index is 5.84. The van der Waals surface area contributed by atoms with Crippen molar-refractivity contribution in [2.45, 2.75) is 0 Å². The van der Waals surface area contributed by atoms with Gasteiger partial charge in [-0.1, -0.05) is 0 Å². The average Bonchev–Trinajstić information content (AvgIpc) is 2.55. The van der Waals surface area contributed by atoms with E-state index >= 15 is 0 Å². The first-order valence-corrected chi connectivity index (χ1v) is 10.1. The second-order valence-electron chi connectivity index (χ2n) is 4.85. The van der Waals surface area contributed by atoms with Gasteiger partial charge in [0.1, 0.15) is 0 Å². The number of ether oxygens (including phenoxy) is 4. The maximum Gasteiger partial charge on any atom is 0.163 e. The highest BCUT2D eigenvalue weighted by Gasteiger charge is 2.06. The molecule has 0 radical (unpaired) electrons. The number of benzene rings is 1. The first kappa shape index (κ1) is 18.6. The van der Waals surface area contributed by atoms with Crippen LogP contribution in [0.4, 0.5) is 5.69 Å². The van der Waals surface area contributed by atoms with Crippen molar-refractivity contribution in [2.24, 2.45) is 0 Å². The standard InChI is InChI=1S/C16H25NO4S2/c17-14-1-2-15-16(13-14)21-8-12-23-10-6-19-4-3-18-5-9-22-11-7-20-15/h1-2,13H,3-12,17H2. The van der Waals surface area contributed by atoms with E-state index in [1.807, 2.05) is 41.7 Å². The van der Waals surface area contributed by atoms with Gasteiger partial charge in [0.15, 0.2) is 11.5 Å². The summed E-state index contributed by atoms with van der Waals surface area (Å²) in [5.41, 5.74) is 6.52. The monoisotopic (exact) mass is 359 g/mol. The Hall–Kier alpha value is -0.760. The summed E-state index contributed by atoms with van der Waals surface area (Å²) in [7, 11) is 0. The molecule has 23 heavy (non-hydrogen) atoms. The van der Waals surface area contributed by atoms with Crippen LogP contribution in [0.2, 0.25) is 0 Å². The van der Waals surface area contributed by atoms with E-state index in [0.29, 0.717) is 32.1 Å². The molecule has 0 saturated heterocycles. The van der Waals surface area contributed by atoms with Gasteiger partial charge in [-0.25, -0.2) is 0 Å². The fourth-order valence-electron chi connectivity index (χ4n) is 1.94. The third-order valence-corrected chi connectivity index (χ3v) is 4.88. The molecule has 1 aromatic carbocycles. The van der Waals surface area contributed by atoms with Crippen molar-refractivity contribution in [3.05, 3.63) is 18.2 Å². The Morgan fingerprint density at radius 3 is 1.91 bits per heavy atom. The predicted molar refractivity (Wildman–Crippen MR) is 98.1 cm³/mol. The van der Waals surface area contributed by atoms with Crippen LogP contribution in [0.5, 0.6) is 11.5 Å². The molecule has 0 bridgehead atoms. The summed E-state index contributed by atoms with van der Waals surface area (Å²) in [5, 5.41) is 0. The Kier molecular flexibility index (Phi) is 9.47. The molecule has 5 nitrogen and oxygen atoms in total. The highest BCUT2D eigenvalue weighted by Crippen LogP contribution is 2.29. The molecule has 0 unspecified atom stereocenters. The van der Waals surface area contributed by atoms with Crippen LogP contribution < -0.4 is 15.2 Å². The topological polar surface area (TPSA) is 62.9 Å². The summed E-state index contributed by atoms with van der Waals surface area (Å²) >= 11 is 3.62. The summed E-state index contributed by atoms with van der Waals surface area (Å²) in [6, 6.07) is 5.53. The summed E-state index contributed by atoms with van der Waals surface area (Å²) in [6.45, 7) is 4.09. The zero-order chi connectivity index (χ0) is 16.2. The van der Waals surface area contributed by atoms with E-state index in [9.17, 15) is 0 Å². The van der Waals surface area contributed by atoms with Crippen LogP contribution in [-0.4, -0.2) is 62.7 Å². The summed E-state index contributed by atoms with van der Waals surface area (Å²) in [6.07, 6.45) is 0. The average molecular weight is 360 g/mol. The Bertz CT molecular complexity index is 448. The van der Waals surface area contributed by atoms with Crippen molar-refractivity contribution in [1.82, 2.24) is 0 Å². The van der Waals surface area contributed by atoms with E-state index in [0.717, 1.165) is 47.7 Å². The third kappa shape index (κ3) is 8.06. The molecule has 7 heteroatoms. The molecule has 1 aliphatic rings. The van der Waals surface area contributed by atoms with E-state index in [1.54, 1.807) is 0 Å². The van der Waals surface area contributed by atoms with E-state index in [2.05, 4.69) is 0 Å². The quantitative estimate of drug-likeness (QED) is 0.714. The predicted octanol–water partition coefficient (Wildman–Crippen LogP) is 2.54. The number of nitrogen functional groups attached to an aromatic ring is 1. The molecule has 130 valence electrons. The molecular weight excluding hydrogens is 334 g/mol. The zero-order valence-electron chi connectivity index (χ0n) is 13.3. The molecule has 0 aliphatic carbocycles. The van der Waals surface area contributed by atoms with Crippen LogP contribution in [-0.2, 0) is 9.47 Å². The van der Waals surface area contributed by atoms with E-state index in [4.69, 9.17) is 24.7 Å². The lowest BCUT2D eigenvalue weighted by Crippen LogP contribution is -2.10. The fraction of sp³-hybridized carbons (Fsp3) is 0.625. The van der Waals surface area contributed by atoms with Crippen LogP contribution in [0, 0.1) is 0 Å². The minimum Gasteiger partial charge on any atom is -0.489 e. The SMILES string of the molecule is Nc1ccc2c(c1)OCCSCCOCCOCCSCCO2. The molecule has 0 spiro atoms. The van der Waals surface area contributed by atoms with Gasteiger partial charge in [0, 0.05) is 34.8 Å². The number of anilines is 1. The van der Waals surface area contributed by atoms with Gasteiger partial charge in [0.05, 0.1) is 39.6 Å². The number of hydrogen-bond donors (Lipinski definition) is 1. The summed E-state index contributed by atoms with van der Waals surface area (Å²) in [5.74, 6) is 5.22. The van der Waals surface area contributed by atoms with Crippen LogP contribution >= 0.6 is 23.5 Å². The molecule has 1 aromatic rings. The fourth-order valence-corrected chi connectivity index (χ4v) is 3.22. The van der Waals surface area contributed by atoms with Gasteiger partial charge in [-0.15, -0.1) is 0 Å². The number of nitrogens with two attached hydrogens (primary N) is 1. The Balaban J connectivity index is 1.84. The number of rotatable bonds is 0. The molecule has 2 rings (SSSR count). The van der Waals surface area contributed by atoms with Gasteiger partial charge in [-0.05, 0) is 12.1 Å². The Labute approximate surface area is 146 Å². The van der Waals surface area contributed by atoms with Crippen molar-refractivity contribution in [3.8, 4) is 11.5 Å². The van der Waals surface area contributed by atoms with Gasteiger partial charge in [0.25, 0.3) is 0 Å². The van der Waals surface area contributed by atoms with Crippen LogP contribution in [0.3, 0.4) is 0 Å². The second-order valence-corrected chi connectivity index (χ2v) is 7.30. The van der Waals surface area contributed by atoms with Crippen LogP contribution in [0.1, 0.15) is 0 Å². The maximum atomic E-state index is 5.84. The highest BCUT2D eigenvalue weighted by atomic mass is 32.2. The molecule has 2 N–H and O–H groups in total. The van der Waals surface area contributed by atoms with Crippen LogP contribution in [0.15, 0.2) is 18.2 Å². The Morgan fingerprint density at radius 2 is 1.26 bits per heavy atom. The lowest BCUT2D eigenvalue weighted by Gasteiger charge is -2.14. The van der Waals surface area contributed by atoms with Crippen molar-refractivity contribution in [1.29, 1.82) is 0 Å². The van der Waals surface area contributed by atoms with Gasteiger partial charge in [-0.2, -0.15) is 23.5 Å². The van der Waals surface area contributed by atoms with Gasteiger partial charge in [-0.3, -0.25) is 0 Å². The van der Waals surface area contributed by atoms with Crippen molar-refractivity contribution in [2.75, 3.05) is 68.4 Å². The first-order valence-electron chi connectivity index (χ1n) is 7.82. The minimum atomic E-state index is 0.627. The van der Waals surface area contributed by atoms with Crippen molar-refractivity contribution < 1.29 is 18.9 Å². The van der Waals surface area contributed by atoms with E-state index < -0.39 is 0 Å². The lowest BCUT2D eigenvalue weighted by atomic mass is 10.3. The number of thioether (sulfide) groups is 2. The molecule has 0 atom stereocenters. The molecule has 1 heterocycles. The molecule has 0 amide bonds. The van der Waals surface area contributed by atoms with Crippen LogP contribution in [0.25, 0.3) is 0 Å². The number of fused-ring (bicyclic) bond motifs is 1. The van der Waals surface area contributed by atoms with E-state index in [1.165, 1.54) is 0 Å². The minimum absolute atomic E-state index is 0.627. The molecular formula is C16H25NO4S2. The number of hydrogen-bond acceptors (Lipinski definition) is 7. The van der Waals surface area contributed by atoms with E-state index in [-0.39, 0.29) is 0 Å². The lowest BCUT2D eigenvalue weighted by molar-refractivity contribution is 0.0605. The third-order valence-electron chi connectivity index (χ3n) is 3.05. The molecule has 0 saturated carbocycles. The molecule has 0 fully saturated rings. The first-order chi connectivity index (χ1) is 11.4. The van der Waals surface area contributed by atoms with Crippen molar-refractivity contribution in [3.63, 3.8) is 0 Å². The van der Waals surface area contributed by atoms with Gasteiger partial charge in [0.2, 0.25) is 0 Å². The smallest absolute Gasteiger partial charge is 0.163 e. The van der Waals surface area contributed by atoms with Gasteiger partial charge >= 0.3 is 0 Å². The summed E-state index contributed by atoms with van der Waals surface area (Å²) in [4.78, 5) is 0. The molecule has 1 aliphatic heterocycles. The van der Waals surface area contributed by atoms with Gasteiger partial charge < -0.3 is 24.7 Å². The normalized spacial score (nSPS) is 19.5. The Morgan fingerprint density at radius 1 is 0.696 bits per heavy atom.